The molecule has 1 saturated heterocycles. The Morgan fingerprint density at radius 3 is 1.94 bits per heavy atom. The van der Waals surface area contributed by atoms with E-state index in [-0.39, 0.29) is 0 Å². The quantitative estimate of drug-likeness (QED) is 0.145. The predicted octanol–water partition coefficient (Wildman–Crippen LogP) is 8.24. The van der Waals surface area contributed by atoms with Crippen molar-refractivity contribution >= 4 is 5.69 Å². The summed E-state index contributed by atoms with van der Waals surface area (Å²) in [7, 11) is 0. The molecular weight excluding hydrogens is 404 g/mol. The van der Waals surface area contributed by atoms with E-state index in [4.69, 9.17) is 4.74 Å². The van der Waals surface area contributed by atoms with Gasteiger partial charge in [0.05, 0.1) is 6.61 Å². The van der Waals surface area contributed by atoms with Gasteiger partial charge in [-0.3, -0.25) is 4.90 Å². The van der Waals surface area contributed by atoms with Gasteiger partial charge in [-0.05, 0) is 56.5 Å². The van der Waals surface area contributed by atoms with Crippen molar-refractivity contribution in [2.75, 3.05) is 44.2 Å². The molecule has 0 aromatic heterocycles. The average Bonchev–Trinajstić information content (AvgIpc) is 2.85. The maximum atomic E-state index is 5.97. The van der Waals surface area contributed by atoms with Crippen LogP contribution in [0.5, 0.6) is 5.75 Å². The SMILES string of the molecule is C=CCCCCCCCCCOc1ccc(N2CCN(CCCCCCCCC)CC2)cc1. The molecule has 33 heavy (non-hydrogen) atoms. The summed E-state index contributed by atoms with van der Waals surface area (Å²) >= 11 is 0. The summed E-state index contributed by atoms with van der Waals surface area (Å²) in [4.78, 5) is 5.18. The van der Waals surface area contributed by atoms with Crippen LogP contribution in [-0.4, -0.2) is 44.2 Å². The molecule has 0 spiro atoms. The van der Waals surface area contributed by atoms with E-state index in [1.165, 1.54) is 115 Å². The fraction of sp³-hybridized carbons (Fsp3) is 0.733. The second kappa shape index (κ2) is 18.9. The van der Waals surface area contributed by atoms with Crippen LogP contribution in [0.25, 0.3) is 0 Å². The van der Waals surface area contributed by atoms with Gasteiger partial charge in [0.15, 0.2) is 0 Å². The summed E-state index contributed by atoms with van der Waals surface area (Å²) in [5, 5.41) is 0. The summed E-state index contributed by atoms with van der Waals surface area (Å²) in [5.41, 5.74) is 1.34. The Labute approximate surface area is 205 Å². The highest BCUT2D eigenvalue weighted by Gasteiger charge is 2.16. The third kappa shape index (κ3) is 13.1. The van der Waals surface area contributed by atoms with Gasteiger partial charge in [0.2, 0.25) is 0 Å². The summed E-state index contributed by atoms with van der Waals surface area (Å²) < 4.78 is 5.97. The van der Waals surface area contributed by atoms with E-state index in [1.807, 2.05) is 6.08 Å². The smallest absolute Gasteiger partial charge is 0.119 e. The number of rotatable bonds is 20. The minimum Gasteiger partial charge on any atom is -0.494 e. The fourth-order valence-electron chi connectivity index (χ4n) is 4.74. The average molecular weight is 457 g/mol. The van der Waals surface area contributed by atoms with E-state index >= 15 is 0 Å². The number of unbranched alkanes of at least 4 members (excludes halogenated alkanes) is 13. The number of piperazine rings is 1. The number of ether oxygens (including phenoxy) is 1. The Bertz CT molecular complexity index is 577. The highest BCUT2D eigenvalue weighted by atomic mass is 16.5. The summed E-state index contributed by atoms with van der Waals surface area (Å²) in [6.07, 6.45) is 22.2. The van der Waals surface area contributed by atoms with Crippen LogP contribution in [0.15, 0.2) is 36.9 Å². The standard InChI is InChI=1S/C30H52N2O/c1-3-5-7-9-11-12-14-16-18-28-33-30-21-19-29(20-22-30)32-26-24-31(25-27-32)23-17-15-13-10-8-6-4-2/h3,19-22H,1,4-18,23-28H2,2H3. The Morgan fingerprint density at radius 2 is 1.30 bits per heavy atom. The van der Waals surface area contributed by atoms with Crippen LogP contribution in [-0.2, 0) is 0 Å². The zero-order chi connectivity index (χ0) is 23.4. The van der Waals surface area contributed by atoms with E-state index in [2.05, 4.69) is 47.6 Å². The second-order valence-corrected chi connectivity index (χ2v) is 9.84. The normalized spacial score (nSPS) is 14.5. The van der Waals surface area contributed by atoms with E-state index in [9.17, 15) is 0 Å². The van der Waals surface area contributed by atoms with E-state index in [0.29, 0.717) is 0 Å². The van der Waals surface area contributed by atoms with E-state index in [0.717, 1.165) is 31.9 Å². The monoisotopic (exact) mass is 456 g/mol. The lowest BCUT2D eigenvalue weighted by molar-refractivity contribution is 0.252. The number of hydrogen-bond donors (Lipinski definition) is 0. The van der Waals surface area contributed by atoms with E-state index < -0.39 is 0 Å². The maximum absolute atomic E-state index is 5.97. The summed E-state index contributed by atoms with van der Waals surface area (Å²) in [6, 6.07) is 8.79. The molecule has 1 aliphatic heterocycles. The molecular formula is C30H52N2O. The van der Waals surface area contributed by atoms with Crippen molar-refractivity contribution in [2.24, 2.45) is 0 Å². The molecule has 1 aromatic rings. The van der Waals surface area contributed by atoms with Gasteiger partial charge in [0.25, 0.3) is 0 Å². The largest absolute Gasteiger partial charge is 0.494 e. The Hall–Kier alpha value is -1.48. The zero-order valence-corrected chi connectivity index (χ0v) is 21.7. The van der Waals surface area contributed by atoms with Crippen LogP contribution in [0.4, 0.5) is 5.69 Å². The lowest BCUT2D eigenvalue weighted by Crippen LogP contribution is -2.46. The van der Waals surface area contributed by atoms with Crippen molar-refractivity contribution in [3.8, 4) is 5.75 Å². The molecule has 0 aliphatic carbocycles. The number of anilines is 1. The predicted molar refractivity (Wildman–Crippen MR) is 146 cm³/mol. The first-order valence-corrected chi connectivity index (χ1v) is 14.1. The van der Waals surface area contributed by atoms with Gasteiger partial charge in [-0.1, -0.05) is 83.6 Å². The van der Waals surface area contributed by atoms with Crippen LogP contribution in [0, 0.1) is 0 Å². The van der Waals surface area contributed by atoms with Gasteiger partial charge in [-0.25, -0.2) is 0 Å². The fourth-order valence-corrected chi connectivity index (χ4v) is 4.74. The van der Waals surface area contributed by atoms with Crippen molar-refractivity contribution in [3.05, 3.63) is 36.9 Å². The third-order valence-electron chi connectivity index (χ3n) is 6.97. The topological polar surface area (TPSA) is 15.7 Å². The third-order valence-corrected chi connectivity index (χ3v) is 6.97. The molecule has 3 nitrogen and oxygen atoms in total. The second-order valence-electron chi connectivity index (χ2n) is 9.84. The van der Waals surface area contributed by atoms with Crippen LogP contribution in [0.2, 0.25) is 0 Å². The van der Waals surface area contributed by atoms with Gasteiger partial charge in [-0.2, -0.15) is 0 Å². The minimum absolute atomic E-state index is 0.840. The lowest BCUT2D eigenvalue weighted by Gasteiger charge is -2.36. The van der Waals surface area contributed by atoms with Crippen molar-refractivity contribution in [1.82, 2.24) is 4.90 Å². The highest BCUT2D eigenvalue weighted by Crippen LogP contribution is 2.21. The van der Waals surface area contributed by atoms with Crippen molar-refractivity contribution in [2.45, 2.75) is 103 Å². The number of nitrogens with zero attached hydrogens (tertiary/aromatic N) is 2. The van der Waals surface area contributed by atoms with Crippen molar-refractivity contribution < 1.29 is 4.74 Å². The van der Waals surface area contributed by atoms with Gasteiger partial charge in [0, 0.05) is 31.9 Å². The molecule has 0 atom stereocenters. The van der Waals surface area contributed by atoms with Crippen LogP contribution in [0.1, 0.15) is 103 Å². The first-order valence-electron chi connectivity index (χ1n) is 14.1. The van der Waals surface area contributed by atoms with Crippen LogP contribution < -0.4 is 9.64 Å². The number of hydrogen-bond acceptors (Lipinski definition) is 3. The molecule has 0 N–H and O–H groups in total. The van der Waals surface area contributed by atoms with Gasteiger partial charge in [-0.15, -0.1) is 6.58 Å². The maximum Gasteiger partial charge on any atom is 0.119 e. The zero-order valence-electron chi connectivity index (χ0n) is 21.7. The first kappa shape index (κ1) is 27.8. The van der Waals surface area contributed by atoms with Crippen LogP contribution >= 0.6 is 0 Å². The molecule has 3 heteroatoms. The Balaban J connectivity index is 1.49. The Kier molecular flexibility index (Phi) is 15.9. The molecule has 1 fully saturated rings. The lowest BCUT2D eigenvalue weighted by atomic mass is 10.1. The minimum atomic E-state index is 0.840. The molecule has 0 amide bonds. The van der Waals surface area contributed by atoms with Crippen molar-refractivity contribution in [1.29, 1.82) is 0 Å². The molecule has 1 aliphatic rings. The highest BCUT2D eigenvalue weighted by molar-refractivity contribution is 5.49. The van der Waals surface area contributed by atoms with Crippen LogP contribution in [0.3, 0.4) is 0 Å². The molecule has 188 valence electrons. The molecule has 0 saturated carbocycles. The van der Waals surface area contributed by atoms with Gasteiger partial charge in [0.1, 0.15) is 5.75 Å². The molecule has 0 unspecified atom stereocenters. The molecule has 2 rings (SSSR count). The molecule has 0 radical (unpaired) electrons. The Morgan fingerprint density at radius 1 is 0.727 bits per heavy atom. The van der Waals surface area contributed by atoms with E-state index in [1.54, 1.807) is 0 Å². The van der Waals surface area contributed by atoms with Gasteiger partial charge < -0.3 is 9.64 Å². The molecule has 0 bridgehead atoms. The van der Waals surface area contributed by atoms with Gasteiger partial charge >= 0.3 is 0 Å². The number of allylic oxidation sites excluding steroid dienone is 1. The molecule has 1 heterocycles. The number of benzene rings is 1. The van der Waals surface area contributed by atoms with Crippen molar-refractivity contribution in [3.63, 3.8) is 0 Å². The summed E-state index contributed by atoms with van der Waals surface area (Å²) in [5.74, 6) is 1.01. The first-order chi connectivity index (χ1) is 16.3. The summed E-state index contributed by atoms with van der Waals surface area (Å²) in [6.45, 7) is 12.9. The molecule has 1 aromatic carbocycles.